The van der Waals surface area contributed by atoms with Gasteiger partial charge in [-0.25, -0.2) is 4.99 Å². The Balaban J connectivity index is 1.99. The smallest absolute Gasteiger partial charge is 0.199 e. The quantitative estimate of drug-likeness (QED) is 0.379. The summed E-state index contributed by atoms with van der Waals surface area (Å²) in [6.45, 7) is 0. The molecule has 3 aromatic carbocycles. The Bertz CT molecular complexity index is 1060. The van der Waals surface area contributed by atoms with Gasteiger partial charge in [-0.2, -0.15) is 0 Å². The number of benzene rings is 3. The molecule has 4 N–H and O–H groups in total. The van der Waals surface area contributed by atoms with E-state index in [4.69, 9.17) is 10.7 Å². The first-order valence-corrected chi connectivity index (χ1v) is 8.02. The minimum absolute atomic E-state index is 0.104. The maximum Gasteiger partial charge on any atom is 0.199 e. The standard InChI is InChI=1S/C21H17N3O/c22-15-9-6-10-16(13-15)23-20(14-7-2-1-3-8-14)19-17-11-4-5-12-18(17)24-21(19)25/h1-13,24-25H,22H2. The van der Waals surface area contributed by atoms with Crippen molar-refractivity contribution in [2.45, 2.75) is 0 Å². The van der Waals surface area contributed by atoms with Gasteiger partial charge >= 0.3 is 0 Å². The van der Waals surface area contributed by atoms with E-state index in [2.05, 4.69) is 4.98 Å². The fourth-order valence-corrected chi connectivity index (χ4v) is 2.95. The molecular weight excluding hydrogens is 310 g/mol. The fraction of sp³-hybridized carbons (Fsp3) is 0. The normalized spacial score (nSPS) is 11.8. The minimum atomic E-state index is 0.104. The number of hydrogen-bond donors (Lipinski definition) is 3. The summed E-state index contributed by atoms with van der Waals surface area (Å²) in [5.74, 6) is 0.104. The number of anilines is 1. The molecule has 4 rings (SSSR count). The lowest BCUT2D eigenvalue weighted by Gasteiger charge is -2.08. The van der Waals surface area contributed by atoms with Crippen molar-refractivity contribution >= 4 is 28.0 Å². The highest BCUT2D eigenvalue weighted by molar-refractivity contribution is 6.21. The first-order valence-electron chi connectivity index (χ1n) is 8.02. The Morgan fingerprint density at radius 2 is 1.64 bits per heavy atom. The predicted molar refractivity (Wildman–Crippen MR) is 103 cm³/mol. The molecule has 1 heterocycles. The number of H-pyrrole nitrogens is 1. The number of aromatic nitrogens is 1. The minimum Gasteiger partial charge on any atom is -0.494 e. The van der Waals surface area contributed by atoms with Crippen molar-refractivity contribution < 1.29 is 5.11 Å². The molecule has 4 heteroatoms. The molecule has 0 aliphatic heterocycles. The second-order valence-corrected chi connectivity index (χ2v) is 5.82. The van der Waals surface area contributed by atoms with Gasteiger partial charge in [0.2, 0.25) is 0 Å². The molecule has 0 saturated heterocycles. The molecule has 4 aromatic rings. The highest BCUT2D eigenvalue weighted by atomic mass is 16.3. The van der Waals surface area contributed by atoms with E-state index in [0.29, 0.717) is 17.0 Å². The number of rotatable bonds is 3. The Morgan fingerprint density at radius 1 is 0.880 bits per heavy atom. The highest BCUT2D eigenvalue weighted by Gasteiger charge is 2.18. The van der Waals surface area contributed by atoms with E-state index in [0.717, 1.165) is 22.2 Å². The maximum atomic E-state index is 10.5. The molecule has 0 aliphatic carbocycles. The lowest BCUT2D eigenvalue weighted by molar-refractivity contribution is 0.457. The van der Waals surface area contributed by atoms with Crippen molar-refractivity contribution in [1.82, 2.24) is 4.98 Å². The van der Waals surface area contributed by atoms with Gasteiger partial charge < -0.3 is 15.8 Å². The van der Waals surface area contributed by atoms with Crippen LogP contribution in [0.3, 0.4) is 0 Å². The number of nitrogens with two attached hydrogens (primary N) is 1. The summed E-state index contributed by atoms with van der Waals surface area (Å²) in [4.78, 5) is 7.82. The van der Waals surface area contributed by atoms with Crippen LogP contribution in [0, 0.1) is 0 Å². The van der Waals surface area contributed by atoms with Crippen LogP contribution in [0.15, 0.2) is 83.9 Å². The summed E-state index contributed by atoms with van der Waals surface area (Å²) < 4.78 is 0. The van der Waals surface area contributed by atoms with Gasteiger partial charge in [0.25, 0.3) is 0 Å². The van der Waals surface area contributed by atoms with Crippen LogP contribution in [0.5, 0.6) is 5.88 Å². The topological polar surface area (TPSA) is 74.4 Å². The van der Waals surface area contributed by atoms with Gasteiger partial charge in [0, 0.05) is 22.2 Å². The zero-order valence-electron chi connectivity index (χ0n) is 13.5. The second-order valence-electron chi connectivity index (χ2n) is 5.82. The number of aromatic hydroxyl groups is 1. The molecule has 0 bridgehead atoms. The van der Waals surface area contributed by atoms with Gasteiger partial charge in [0.1, 0.15) is 0 Å². The average Bonchev–Trinajstić information content (AvgIpc) is 2.96. The van der Waals surface area contributed by atoms with E-state index in [9.17, 15) is 5.11 Å². The largest absolute Gasteiger partial charge is 0.494 e. The molecular formula is C21H17N3O. The number of hydrogen-bond acceptors (Lipinski definition) is 3. The number of aliphatic imine (C=N–C) groups is 1. The molecule has 0 aliphatic rings. The molecule has 25 heavy (non-hydrogen) atoms. The van der Waals surface area contributed by atoms with Crippen molar-refractivity contribution in [3.8, 4) is 5.88 Å². The van der Waals surface area contributed by atoms with Crippen LogP contribution in [-0.2, 0) is 0 Å². The highest BCUT2D eigenvalue weighted by Crippen LogP contribution is 2.31. The van der Waals surface area contributed by atoms with E-state index < -0.39 is 0 Å². The van der Waals surface area contributed by atoms with Crippen LogP contribution < -0.4 is 5.73 Å². The first-order chi connectivity index (χ1) is 12.2. The van der Waals surface area contributed by atoms with Gasteiger partial charge in [-0.15, -0.1) is 0 Å². The monoisotopic (exact) mass is 327 g/mol. The van der Waals surface area contributed by atoms with E-state index in [-0.39, 0.29) is 5.88 Å². The third-order valence-corrected chi connectivity index (χ3v) is 4.08. The second kappa shape index (κ2) is 6.17. The predicted octanol–water partition coefficient (Wildman–Crippen LogP) is 4.62. The van der Waals surface area contributed by atoms with Crippen LogP contribution in [0.4, 0.5) is 11.4 Å². The molecule has 122 valence electrons. The Kier molecular flexibility index (Phi) is 3.71. The summed E-state index contributed by atoms with van der Waals surface area (Å²) in [7, 11) is 0. The first kappa shape index (κ1) is 15.0. The van der Waals surface area contributed by atoms with Crippen LogP contribution in [-0.4, -0.2) is 15.8 Å². The number of nitrogens with one attached hydrogen (secondary N) is 1. The van der Waals surface area contributed by atoms with E-state index in [1.165, 1.54) is 0 Å². The number of para-hydroxylation sites is 1. The lowest BCUT2D eigenvalue weighted by atomic mass is 10.0. The maximum absolute atomic E-state index is 10.5. The van der Waals surface area contributed by atoms with Gasteiger partial charge in [0.05, 0.1) is 17.0 Å². The SMILES string of the molecule is Nc1cccc(N=C(c2ccccc2)c2c(O)[nH]c3ccccc23)c1. The van der Waals surface area contributed by atoms with Crippen molar-refractivity contribution in [3.05, 3.63) is 90.0 Å². The lowest BCUT2D eigenvalue weighted by Crippen LogP contribution is -2.02. The van der Waals surface area contributed by atoms with E-state index in [1.54, 1.807) is 0 Å². The van der Waals surface area contributed by atoms with Gasteiger partial charge in [0.15, 0.2) is 5.88 Å². The van der Waals surface area contributed by atoms with Crippen molar-refractivity contribution in [1.29, 1.82) is 0 Å². The summed E-state index contributed by atoms with van der Waals surface area (Å²) >= 11 is 0. The van der Waals surface area contributed by atoms with Gasteiger partial charge in [-0.3, -0.25) is 0 Å². The fourth-order valence-electron chi connectivity index (χ4n) is 2.95. The van der Waals surface area contributed by atoms with Crippen molar-refractivity contribution in [2.24, 2.45) is 4.99 Å². The number of nitrogen functional groups attached to an aromatic ring is 1. The average molecular weight is 327 g/mol. The van der Waals surface area contributed by atoms with Crippen molar-refractivity contribution in [2.75, 3.05) is 5.73 Å². The molecule has 0 saturated carbocycles. The Morgan fingerprint density at radius 3 is 2.44 bits per heavy atom. The zero-order chi connectivity index (χ0) is 17.2. The summed E-state index contributed by atoms with van der Waals surface area (Å²) in [6, 6.07) is 25.0. The molecule has 0 atom stereocenters. The molecule has 4 nitrogen and oxygen atoms in total. The number of nitrogens with zero attached hydrogens (tertiary/aromatic N) is 1. The van der Waals surface area contributed by atoms with Crippen LogP contribution in [0.1, 0.15) is 11.1 Å². The van der Waals surface area contributed by atoms with Crippen molar-refractivity contribution in [3.63, 3.8) is 0 Å². The van der Waals surface area contributed by atoms with E-state index in [1.807, 2.05) is 78.9 Å². The Labute approximate surface area is 145 Å². The van der Waals surface area contributed by atoms with Gasteiger partial charge in [-0.05, 0) is 24.3 Å². The van der Waals surface area contributed by atoms with Crippen LogP contribution >= 0.6 is 0 Å². The zero-order valence-corrected chi connectivity index (χ0v) is 13.5. The molecule has 0 unspecified atom stereocenters. The molecule has 0 radical (unpaired) electrons. The Hall–Kier alpha value is -3.53. The van der Waals surface area contributed by atoms with Gasteiger partial charge in [-0.1, -0.05) is 54.6 Å². The summed E-state index contributed by atoms with van der Waals surface area (Å²) in [6.07, 6.45) is 0. The van der Waals surface area contributed by atoms with E-state index >= 15 is 0 Å². The summed E-state index contributed by atoms with van der Waals surface area (Å²) in [5, 5.41) is 11.5. The number of fused-ring (bicyclic) bond motifs is 1. The third kappa shape index (κ3) is 2.85. The molecule has 1 aromatic heterocycles. The molecule has 0 spiro atoms. The molecule has 0 amide bonds. The summed E-state index contributed by atoms with van der Waals surface area (Å²) in [5.41, 5.74) is 10.4. The number of aromatic amines is 1. The van der Waals surface area contributed by atoms with Crippen LogP contribution in [0.25, 0.3) is 10.9 Å². The molecule has 0 fully saturated rings. The van der Waals surface area contributed by atoms with Crippen LogP contribution in [0.2, 0.25) is 0 Å². The third-order valence-electron chi connectivity index (χ3n) is 4.08.